The minimum Gasteiger partial charge on any atom is -0.508 e. The SMILES string of the molecule is CN(C(=O)c1ccc(C(C)(C)C)cc1)c1cccc(O)c1. The minimum absolute atomic E-state index is 0.0682. The average molecular weight is 283 g/mol. The van der Waals surface area contributed by atoms with Gasteiger partial charge in [0.05, 0.1) is 0 Å². The van der Waals surface area contributed by atoms with Crippen LogP contribution in [0.15, 0.2) is 48.5 Å². The van der Waals surface area contributed by atoms with Crippen molar-refractivity contribution in [3.8, 4) is 5.75 Å². The summed E-state index contributed by atoms with van der Waals surface area (Å²) in [5.41, 5.74) is 2.56. The zero-order valence-corrected chi connectivity index (χ0v) is 12.9. The molecule has 21 heavy (non-hydrogen) atoms. The maximum absolute atomic E-state index is 12.5. The Balaban J connectivity index is 2.24. The van der Waals surface area contributed by atoms with Gasteiger partial charge in [-0.15, -0.1) is 0 Å². The molecule has 0 heterocycles. The van der Waals surface area contributed by atoms with Gasteiger partial charge in [0.15, 0.2) is 0 Å². The summed E-state index contributed by atoms with van der Waals surface area (Å²) in [6, 6.07) is 14.3. The second-order valence-electron chi connectivity index (χ2n) is 6.21. The number of amides is 1. The van der Waals surface area contributed by atoms with Crippen LogP contribution in [0, 0.1) is 0 Å². The van der Waals surface area contributed by atoms with Crippen LogP contribution in [0.5, 0.6) is 5.75 Å². The first-order valence-electron chi connectivity index (χ1n) is 6.96. The fourth-order valence-electron chi connectivity index (χ4n) is 2.13. The molecular weight excluding hydrogens is 262 g/mol. The lowest BCUT2D eigenvalue weighted by atomic mass is 9.86. The first-order valence-corrected chi connectivity index (χ1v) is 6.96. The van der Waals surface area contributed by atoms with Crippen LogP contribution in [0.25, 0.3) is 0 Å². The maximum Gasteiger partial charge on any atom is 0.258 e. The van der Waals surface area contributed by atoms with E-state index in [9.17, 15) is 9.90 Å². The Hall–Kier alpha value is -2.29. The fourth-order valence-corrected chi connectivity index (χ4v) is 2.13. The number of aromatic hydroxyl groups is 1. The molecule has 0 spiro atoms. The van der Waals surface area contributed by atoms with Gasteiger partial charge in [-0.1, -0.05) is 39.0 Å². The first-order chi connectivity index (χ1) is 9.79. The molecule has 0 unspecified atom stereocenters. The smallest absolute Gasteiger partial charge is 0.258 e. The molecule has 3 heteroatoms. The van der Waals surface area contributed by atoms with Crippen molar-refractivity contribution in [1.82, 2.24) is 0 Å². The first kappa shape index (κ1) is 15.1. The summed E-state index contributed by atoms with van der Waals surface area (Å²) in [7, 11) is 1.70. The van der Waals surface area contributed by atoms with E-state index < -0.39 is 0 Å². The topological polar surface area (TPSA) is 40.5 Å². The summed E-state index contributed by atoms with van der Waals surface area (Å²) in [6.07, 6.45) is 0. The van der Waals surface area contributed by atoms with Crippen LogP contribution in [-0.2, 0) is 5.41 Å². The number of carbonyl (C=O) groups excluding carboxylic acids is 1. The number of phenolic OH excluding ortho intramolecular Hbond substituents is 1. The summed E-state index contributed by atoms with van der Waals surface area (Å²) < 4.78 is 0. The molecule has 0 aromatic heterocycles. The predicted octanol–water partition coefficient (Wildman–Crippen LogP) is 3.97. The van der Waals surface area contributed by atoms with E-state index in [1.165, 1.54) is 10.5 Å². The Labute approximate surface area is 125 Å². The minimum atomic E-state index is -0.0962. The Morgan fingerprint density at radius 2 is 1.67 bits per heavy atom. The van der Waals surface area contributed by atoms with Gasteiger partial charge >= 0.3 is 0 Å². The molecule has 0 saturated carbocycles. The van der Waals surface area contributed by atoms with Gasteiger partial charge in [0.2, 0.25) is 0 Å². The van der Waals surface area contributed by atoms with Gasteiger partial charge < -0.3 is 10.0 Å². The number of benzene rings is 2. The summed E-state index contributed by atoms with van der Waals surface area (Å²) in [5.74, 6) is 0.0521. The lowest BCUT2D eigenvalue weighted by molar-refractivity contribution is 0.0993. The molecule has 2 aromatic carbocycles. The Morgan fingerprint density at radius 3 is 2.19 bits per heavy atom. The third-order valence-corrected chi connectivity index (χ3v) is 3.52. The Morgan fingerprint density at radius 1 is 1.05 bits per heavy atom. The van der Waals surface area contributed by atoms with E-state index in [1.807, 2.05) is 24.3 Å². The van der Waals surface area contributed by atoms with Crippen molar-refractivity contribution < 1.29 is 9.90 Å². The van der Waals surface area contributed by atoms with E-state index in [2.05, 4.69) is 20.8 Å². The molecule has 0 fully saturated rings. The molecule has 0 atom stereocenters. The van der Waals surface area contributed by atoms with E-state index in [4.69, 9.17) is 0 Å². The predicted molar refractivity (Wildman–Crippen MR) is 86.0 cm³/mol. The standard InChI is InChI=1S/C18H21NO2/c1-18(2,3)14-10-8-13(9-11-14)17(21)19(4)15-6-5-7-16(20)12-15/h5-12,20H,1-4H3. The van der Waals surface area contributed by atoms with Crippen molar-refractivity contribution >= 4 is 11.6 Å². The second kappa shape index (κ2) is 5.60. The lowest BCUT2D eigenvalue weighted by Gasteiger charge is -2.21. The number of phenols is 1. The van der Waals surface area contributed by atoms with E-state index in [-0.39, 0.29) is 17.1 Å². The summed E-state index contributed by atoms with van der Waals surface area (Å²) in [6.45, 7) is 6.42. The lowest BCUT2D eigenvalue weighted by Crippen LogP contribution is -2.26. The van der Waals surface area contributed by atoms with Crippen molar-refractivity contribution in [3.63, 3.8) is 0 Å². The molecule has 110 valence electrons. The van der Waals surface area contributed by atoms with Crippen LogP contribution in [0.3, 0.4) is 0 Å². The van der Waals surface area contributed by atoms with Gasteiger partial charge in [-0.25, -0.2) is 0 Å². The monoisotopic (exact) mass is 283 g/mol. The molecule has 2 aromatic rings. The van der Waals surface area contributed by atoms with Gasteiger partial charge in [-0.05, 0) is 35.2 Å². The molecule has 0 saturated heterocycles. The number of hydrogen-bond donors (Lipinski definition) is 1. The van der Waals surface area contributed by atoms with Crippen molar-refractivity contribution in [2.75, 3.05) is 11.9 Å². The van der Waals surface area contributed by atoms with Crippen LogP contribution in [0.2, 0.25) is 0 Å². The third kappa shape index (κ3) is 3.43. The fraction of sp³-hybridized carbons (Fsp3) is 0.278. The number of rotatable bonds is 2. The molecule has 0 aliphatic heterocycles. The average Bonchev–Trinajstić information content (AvgIpc) is 2.45. The second-order valence-corrected chi connectivity index (χ2v) is 6.21. The highest BCUT2D eigenvalue weighted by Crippen LogP contribution is 2.24. The molecule has 2 rings (SSSR count). The van der Waals surface area contributed by atoms with Gasteiger partial charge in [0.1, 0.15) is 5.75 Å². The van der Waals surface area contributed by atoms with Gasteiger partial charge in [-0.2, -0.15) is 0 Å². The van der Waals surface area contributed by atoms with Crippen molar-refractivity contribution in [3.05, 3.63) is 59.7 Å². The largest absolute Gasteiger partial charge is 0.508 e. The highest BCUT2D eigenvalue weighted by atomic mass is 16.3. The number of anilines is 1. The molecule has 0 bridgehead atoms. The van der Waals surface area contributed by atoms with Crippen LogP contribution in [-0.4, -0.2) is 18.1 Å². The van der Waals surface area contributed by atoms with Crippen molar-refractivity contribution in [1.29, 1.82) is 0 Å². The Bertz CT molecular complexity index is 639. The van der Waals surface area contributed by atoms with Crippen LogP contribution < -0.4 is 4.90 Å². The molecule has 3 nitrogen and oxygen atoms in total. The molecule has 1 amide bonds. The zero-order valence-electron chi connectivity index (χ0n) is 12.9. The van der Waals surface area contributed by atoms with Gasteiger partial charge in [0, 0.05) is 24.4 Å². The maximum atomic E-state index is 12.5. The normalized spacial score (nSPS) is 11.2. The molecule has 0 aliphatic carbocycles. The van der Waals surface area contributed by atoms with E-state index in [0.29, 0.717) is 11.3 Å². The molecular formula is C18H21NO2. The van der Waals surface area contributed by atoms with Crippen LogP contribution in [0.4, 0.5) is 5.69 Å². The molecule has 0 radical (unpaired) electrons. The quantitative estimate of drug-likeness (QED) is 0.906. The molecule has 0 aliphatic rings. The van der Waals surface area contributed by atoms with Gasteiger partial charge in [-0.3, -0.25) is 4.79 Å². The van der Waals surface area contributed by atoms with E-state index in [0.717, 1.165) is 0 Å². The van der Waals surface area contributed by atoms with E-state index >= 15 is 0 Å². The van der Waals surface area contributed by atoms with Crippen molar-refractivity contribution in [2.45, 2.75) is 26.2 Å². The summed E-state index contributed by atoms with van der Waals surface area (Å²) in [4.78, 5) is 14.0. The number of nitrogens with zero attached hydrogens (tertiary/aromatic N) is 1. The summed E-state index contributed by atoms with van der Waals surface area (Å²) in [5, 5.41) is 9.50. The van der Waals surface area contributed by atoms with E-state index in [1.54, 1.807) is 31.3 Å². The zero-order chi connectivity index (χ0) is 15.6. The number of carbonyl (C=O) groups is 1. The Kier molecular flexibility index (Phi) is 4.03. The van der Waals surface area contributed by atoms with Crippen LogP contribution in [0.1, 0.15) is 36.7 Å². The highest BCUT2D eigenvalue weighted by Gasteiger charge is 2.17. The number of hydrogen-bond acceptors (Lipinski definition) is 2. The highest BCUT2D eigenvalue weighted by molar-refractivity contribution is 6.05. The van der Waals surface area contributed by atoms with Crippen molar-refractivity contribution in [2.24, 2.45) is 0 Å². The van der Waals surface area contributed by atoms with Crippen LogP contribution >= 0.6 is 0 Å². The summed E-state index contributed by atoms with van der Waals surface area (Å²) >= 11 is 0. The molecule has 1 N–H and O–H groups in total. The third-order valence-electron chi connectivity index (χ3n) is 3.52. The van der Waals surface area contributed by atoms with Gasteiger partial charge in [0.25, 0.3) is 5.91 Å².